The van der Waals surface area contributed by atoms with E-state index in [-0.39, 0.29) is 6.03 Å². The lowest BCUT2D eigenvalue weighted by molar-refractivity contribution is 0.240. The predicted molar refractivity (Wildman–Crippen MR) is 85.2 cm³/mol. The summed E-state index contributed by atoms with van der Waals surface area (Å²) in [6.45, 7) is 3.39. The highest BCUT2D eigenvalue weighted by Crippen LogP contribution is 2.25. The molecule has 0 fully saturated rings. The molecule has 0 aliphatic rings. The minimum Gasteiger partial charge on any atom is -0.496 e. The Labute approximate surface area is 134 Å². The molecule has 118 valence electrons. The van der Waals surface area contributed by atoms with Crippen LogP contribution >= 0.6 is 11.6 Å². The number of amides is 2. The Balaban J connectivity index is 1.78. The summed E-state index contributed by atoms with van der Waals surface area (Å²) in [5, 5.41) is 10.2. The van der Waals surface area contributed by atoms with E-state index in [1.54, 1.807) is 36.2 Å². The maximum atomic E-state index is 11.8. The van der Waals surface area contributed by atoms with Gasteiger partial charge in [0, 0.05) is 29.9 Å². The molecule has 2 aromatic rings. The molecule has 6 nitrogen and oxygen atoms in total. The molecule has 1 aromatic carbocycles. The number of carbonyl (C=O) groups excluding carboxylic acids is 1. The van der Waals surface area contributed by atoms with Crippen molar-refractivity contribution in [3.63, 3.8) is 0 Å². The van der Waals surface area contributed by atoms with Crippen molar-refractivity contribution in [2.75, 3.05) is 13.7 Å². The monoisotopic (exact) mass is 322 g/mol. The van der Waals surface area contributed by atoms with Crippen molar-refractivity contribution >= 4 is 17.6 Å². The number of ether oxygens (including phenoxy) is 1. The van der Waals surface area contributed by atoms with Crippen LogP contribution in [0.4, 0.5) is 4.79 Å². The highest BCUT2D eigenvalue weighted by molar-refractivity contribution is 6.31. The number of hydrogen-bond acceptors (Lipinski definition) is 3. The van der Waals surface area contributed by atoms with E-state index in [1.807, 2.05) is 13.1 Å². The summed E-state index contributed by atoms with van der Waals surface area (Å²) in [6.07, 6.45) is 3.71. The average molecular weight is 323 g/mol. The molecule has 1 heterocycles. The number of halogens is 1. The molecule has 2 amide bonds. The first-order valence-corrected chi connectivity index (χ1v) is 7.30. The first-order chi connectivity index (χ1) is 10.6. The summed E-state index contributed by atoms with van der Waals surface area (Å²) in [4.78, 5) is 11.8. The van der Waals surface area contributed by atoms with E-state index in [0.29, 0.717) is 30.4 Å². The van der Waals surface area contributed by atoms with Crippen LogP contribution in [-0.4, -0.2) is 29.5 Å². The van der Waals surface area contributed by atoms with Crippen molar-refractivity contribution in [3.8, 4) is 5.75 Å². The summed E-state index contributed by atoms with van der Waals surface area (Å²) < 4.78 is 7.02. The molecule has 0 saturated carbocycles. The van der Waals surface area contributed by atoms with Crippen LogP contribution in [0, 0.1) is 6.92 Å². The van der Waals surface area contributed by atoms with E-state index in [2.05, 4.69) is 15.7 Å². The Kier molecular flexibility index (Phi) is 5.66. The van der Waals surface area contributed by atoms with E-state index < -0.39 is 0 Å². The number of nitrogens with zero attached hydrogens (tertiary/aromatic N) is 2. The number of nitrogens with one attached hydrogen (secondary N) is 2. The molecule has 22 heavy (non-hydrogen) atoms. The van der Waals surface area contributed by atoms with Crippen LogP contribution in [0.3, 0.4) is 0 Å². The second-order valence-electron chi connectivity index (χ2n) is 4.81. The average Bonchev–Trinajstić information content (AvgIpc) is 2.91. The summed E-state index contributed by atoms with van der Waals surface area (Å²) in [6, 6.07) is 5.11. The second-order valence-corrected chi connectivity index (χ2v) is 5.22. The number of urea groups is 1. The van der Waals surface area contributed by atoms with Crippen molar-refractivity contribution in [1.82, 2.24) is 20.4 Å². The number of aromatic nitrogens is 2. The fourth-order valence-corrected chi connectivity index (χ4v) is 2.24. The SMILES string of the molecule is COc1cccc(Cl)c1CNC(=O)NCCn1cc(C)cn1. The number of benzene rings is 1. The molecular weight excluding hydrogens is 304 g/mol. The summed E-state index contributed by atoms with van der Waals surface area (Å²) >= 11 is 6.12. The molecule has 2 N–H and O–H groups in total. The van der Waals surface area contributed by atoms with Crippen LogP contribution < -0.4 is 15.4 Å². The van der Waals surface area contributed by atoms with Gasteiger partial charge >= 0.3 is 6.03 Å². The Morgan fingerprint density at radius 2 is 2.23 bits per heavy atom. The van der Waals surface area contributed by atoms with E-state index in [9.17, 15) is 4.79 Å². The van der Waals surface area contributed by atoms with Crippen LogP contribution in [0.25, 0.3) is 0 Å². The topological polar surface area (TPSA) is 68.2 Å². The zero-order valence-electron chi connectivity index (χ0n) is 12.6. The number of carbonyl (C=O) groups is 1. The second kappa shape index (κ2) is 7.70. The molecule has 7 heteroatoms. The molecule has 0 bridgehead atoms. The van der Waals surface area contributed by atoms with Gasteiger partial charge < -0.3 is 15.4 Å². The standard InChI is InChI=1S/C15H19ClN4O2/c1-11-8-19-20(10-11)7-6-17-15(21)18-9-12-13(16)4-3-5-14(12)22-2/h3-5,8,10H,6-7,9H2,1-2H3,(H2,17,18,21). The lowest BCUT2D eigenvalue weighted by Gasteiger charge is -2.12. The quantitative estimate of drug-likeness (QED) is 0.858. The van der Waals surface area contributed by atoms with Crippen molar-refractivity contribution in [1.29, 1.82) is 0 Å². The van der Waals surface area contributed by atoms with Crippen LogP contribution in [0.15, 0.2) is 30.6 Å². The molecule has 0 aliphatic heterocycles. The molecule has 2 rings (SSSR count). The third-order valence-electron chi connectivity index (χ3n) is 3.11. The highest BCUT2D eigenvalue weighted by Gasteiger charge is 2.09. The normalized spacial score (nSPS) is 10.3. The van der Waals surface area contributed by atoms with E-state index in [0.717, 1.165) is 11.1 Å². The van der Waals surface area contributed by atoms with Gasteiger partial charge in [-0.25, -0.2) is 4.79 Å². The molecule has 0 aliphatic carbocycles. The third-order valence-corrected chi connectivity index (χ3v) is 3.46. The van der Waals surface area contributed by atoms with Crippen molar-refractivity contribution in [3.05, 3.63) is 46.7 Å². The minimum absolute atomic E-state index is 0.258. The first kappa shape index (κ1) is 16.2. The van der Waals surface area contributed by atoms with Gasteiger partial charge in [-0.3, -0.25) is 4.68 Å². The van der Waals surface area contributed by atoms with Gasteiger partial charge in [0.1, 0.15) is 5.75 Å². The van der Waals surface area contributed by atoms with E-state index in [4.69, 9.17) is 16.3 Å². The maximum Gasteiger partial charge on any atom is 0.315 e. The lowest BCUT2D eigenvalue weighted by atomic mass is 10.2. The molecule has 0 saturated heterocycles. The van der Waals surface area contributed by atoms with Crippen molar-refractivity contribution in [2.45, 2.75) is 20.0 Å². The van der Waals surface area contributed by atoms with Gasteiger partial charge in [-0.05, 0) is 24.6 Å². The maximum absolute atomic E-state index is 11.8. The molecule has 0 radical (unpaired) electrons. The largest absolute Gasteiger partial charge is 0.496 e. The predicted octanol–water partition coefficient (Wildman–Crippen LogP) is 2.35. The Hall–Kier alpha value is -2.21. The molecule has 0 spiro atoms. The number of rotatable bonds is 6. The zero-order chi connectivity index (χ0) is 15.9. The van der Waals surface area contributed by atoms with Crippen LogP contribution in [0.5, 0.6) is 5.75 Å². The van der Waals surface area contributed by atoms with Gasteiger partial charge in [-0.1, -0.05) is 17.7 Å². The summed E-state index contributed by atoms with van der Waals surface area (Å²) in [5.41, 5.74) is 1.85. The van der Waals surface area contributed by atoms with Gasteiger partial charge in [-0.2, -0.15) is 5.10 Å². The van der Waals surface area contributed by atoms with Gasteiger partial charge in [0.05, 0.1) is 19.9 Å². The lowest BCUT2D eigenvalue weighted by Crippen LogP contribution is -2.37. The highest BCUT2D eigenvalue weighted by atomic mass is 35.5. The number of aryl methyl sites for hydroxylation is 1. The van der Waals surface area contributed by atoms with Crippen LogP contribution in [0.1, 0.15) is 11.1 Å². The fourth-order valence-electron chi connectivity index (χ4n) is 2.01. The fraction of sp³-hybridized carbons (Fsp3) is 0.333. The minimum atomic E-state index is -0.258. The van der Waals surface area contributed by atoms with Crippen LogP contribution in [0.2, 0.25) is 5.02 Å². The molecule has 0 unspecified atom stereocenters. The van der Waals surface area contributed by atoms with Gasteiger partial charge in [0.2, 0.25) is 0 Å². The Morgan fingerprint density at radius 3 is 2.91 bits per heavy atom. The Morgan fingerprint density at radius 1 is 1.41 bits per heavy atom. The van der Waals surface area contributed by atoms with E-state index >= 15 is 0 Å². The first-order valence-electron chi connectivity index (χ1n) is 6.92. The van der Waals surface area contributed by atoms with Crippen molar-refractivity contribution in [2.24, 2.45) is 0 Å². The number of methoxy groups -OCH3 is 1. The zero-order valence-corrected chi connectivity index (χ0v) is 13.4. The van der Waals surface area contributed by atoms with Crippen molar-refractivity contribution < 1.29 is 9.53 Å². The van der Waals surface area contributed by atoms with Gasteiger partial charge in [0.25, 0.3) is 0 Å². The Bertz CT molecular complexity index is 642. The smallest absolute Gasteiger partial charge is 0.315 e. The van der Waals surface area contributed by atoms with Crippen LogP contribution in [-0.2, 0) is 13.1 Å². The van der Waals surface area contributed by atoms with Gasteiger partial charge in [0.15, 0.2) is 0 Å². The van der Waals surface area contributed by atoms with E-state index in [1.165, 1.54) is 0 Å². The summed E-state index contributed by atoms with van der Waals surface area (Å²) in [7, 11) is 1.57. The molecule has 0 atom stereocenters. The third kappa shape index (κ3) is 4.39. The molecular formula is C15H19ClN4O2. The number of hydrogen-bond donors (Lipinski definition) is 2. The van der Waals surface area contributed by atoms with Gasteiger partial charge in [-0.15, -0.1) is 0 Å². The molecule has 1 aromatic heterocycles. The summed E-state index contributed by atoms with van der Waals surface area (Å²) in [5.74, 6) is 0.653.